The van der Waals surface area contributed by atoms with E-state index in [9.17, 15) is 9.59 Å². The van der Waals surface area contributed by atoms with Crippen LogP contribution in [0.25, 0.3) is 16.3 Å². The SMILES string of the molecule is Cc1ccc(C2=C(Nc3cccc4ccccc34)C(=O)N(Cc3ccccn3)C2=O)cc1. The number of benzene rings is 3. The van der Waals surface area contributed by atoms with Crippen molar-refractivity contribution >= 4 is 33.8 Å². The van der Waals surface area contributed by atoms with E-state index in [2.05, 4.69) is 10.3 Å². The van der Waals surface area contributed by atoms with E-state index in [4.69, 9.17) is 0 Å². The Labute approximate surface area is 186 Å². The summed E-state index contributed by atoms with van der Waals surface area (Å²) in [6.07, 6.45) is 1.66. The first-order valence-electron chi connectivity index (χ1n) is 10.4. The molecule has 0 aliphatic carbocycles. The number of anilines is 1. The van der Waals surface area contributed by atoms with Gasteiger partial charge in [0.05, 0.1) is 17.8 Å². The maximum Gasteiger partial charge on any atom is 0.278 e. The molecule has 0 spiro atoms. The molecule has 156 valence electrons. The Kier molecular flexibility index (Phi) is 5.00. The zero-order valence-corrected chi connectivity index (χ0v) is 17.6. The van der Waals surface area contributed by atoms with Gasteiger partial charge in [-0.15, -0.1) is 0 Å². The molecule has 1 aliphatic heterocycles. The van der Waals surface area contributed by atoms with Crippen molar-refractivity contribution in [2.75, 3.05) is 5.32 Å². The van der Waals surface area contributed by atoms with Crippen LogP contribution in [-0.4, -0.2) is 21.7 Å². The van der Waals surface area contributed by atoms with Crippen LogP contribution in [0.1, 0.15) is 16.8 Å². The molecule has 2 amide bonds. The fourth-order valence-corrected chi connectivity index (χ4v) is 3.95. The summed E-state index contributed by atoms with van der Waals surface area (Å²) in [7, 11) is 0. The predicted octanol–water partition coefficient (Wildman–Crippen LogP) is 4.94. The number of fused-ring (bicyclic) bond motifs is 1. The van der Waals surface area contributed by atoms with Crippen LogP contribution in [0.15, 0.2) is 96.8 Å². The van der Waals surface area contributed by atoms with E-state index in [1.54, 1.807) is 12.3 Å². The van der Waals surface area contributed by atoms with Crippen molar-refractivity contribution in [3.8, 4) is 0 Å². The number of hydrogen-bond donors (Lipinski definition) is 1. The number of hydrogen-bond acceptors (Lipinski definition) is 4. The van der Waals surface area contributed by atoms with Gasteiger partial charge in [-0.25, -0.2) is 0 Å². The van der Waals surface area contributed by atoms with Crippen LogP contribution in [0.4, 0.5) is 5.69 Å². The topological polar surface area (TPSA) is 62.3 Å². The Balaban J connectivity index is 1.60. The molecule has 1 aliphatic rings. The Bertz CT molecular complexity index is 1350. The zero-order chi connectivity index (χ0) is 22.1. The van der Waals surface area contributed by atoms with E-state index in [-0.39, 0.29) is 24.1 Å². The minimum absolute atomic E-state index is 0.120. The van der Waals surface area contributed by atoms with Gasteiger partial charge < -0.3 is 5.32 Å². The van der Waals surface area contributed by atoms with Gasteiger partial charge >= 0.3 is 0 Å². The molecule has 0 saturated carbocycles. The zero-order valence-electron chi connectivity index (χ0n) is 17.6. The number of pyridine rings is 1. The van der Waals surface area contributed by atoms with Crippen molar-refractivity contribution in [1.82, 2.24) is 9.88 Å². The Morgan fingerprint density at radius 3 is 2.34 bits per heavy atom. The smallest absolute Gasteiger partial charge is 0.278 e. The number of carbonyl (C=O) groups excluding carboxylic acids is 2. The normalized spacial score (nSPS) is 13.8. The third-order valence-corrected chi connectivity index (χ3v) is 5.60. The number of aryl methyl sites for hydroxylation is 1. The summed E-state index contributed by atoms with van der Waals surface area (Å²) in [5.41, 5.74) is 3.89. The Morgan fingerprint density at radius 2 is 1.56 bits per heavy atom. The van der Waals surface area contributed by atoms with E-state index in [1.807, 2.05) is 85.8 Å². The minimum atomic E-state index is -0.357. The van der Waals surface area contributed by atoms with Crippen LogP contribution in [0.2, 0.25) is 0 Å². The van der Waals surface area contributed by atoms with Crippen LogP contribution < -0.4 is 5.32 Å². The van der Waals surface area contributed by atoms with Gasteiger partial charge in [0.25, 0.3) is 11.8 Å². The molecule has 0 radical (unpaired) electrons. The molecule has 5 heteroatoms. The summed E-state index contributed by atoms with van der Waals surface area (Å²) in [6.45, 7) is 2.11. The quantitative estimate of drug-likeness (QED) is 0.466. The second kappa shape index (κ2) is 8.12. The van der Waals surface area contributed by atoms with Crippen LogP contribution >= 0.6 is 0 Å². The van der Waals surface area contributed by atoms with Crippen LogP contribution in [0.3, 0.4) is 0 Å². The van der Waals surface area contributed by atoms with Gasteiger partial charge in [-0.3, -0.25) is 19.5 Å². The van der Waals surface area contributed by atoms with Crippen molar-refractivity contribution in [2.24, 2.45) is 0 Å². The lowest BCUT2D eigenvalue weighted by molar-refractivity contribution is -0.137. The van der Waals surface area contributed by atoms with Gasteiger partial charge in [-0.1, -0.05) is 72.3 Å². The summed E-state index contributed by atoms with van der Waals surface area (Å²) < 4.78 is 0. The first-order chi connectivity index (χ1) is 15.6. The van der Waals surface area contributed by atoms with Gasteiger partial charge in [0.2, 0.25) is 0 Å². The average Bonchev–Trinajstić information content (AvgIpc) is 3.05. The highest BCUT2D eigenvalue weighted by Gasteiger charge is 2.39. The second-order valence-corrected chi connectivity index (χ2v) is 7.79. The molecular formula is C27H21N3O2. The molecule has 1 aromatic heterocycles. The molecule has 0 fully saturated rings. The predicted molar refractivity (Wildman–Crippen MR) is 125 cm³/mol. The molecule has 4 aromatic rings. The molecule has 3 aromatic carbocycles. The highest BCUT2D eigenvalue weighted by Crippen LogP contribution is 2.33. The average molecular weight is 419 g/mol. The van der Waals surface area contributed by atoms with Gasteiger partial charge in [0.15, 0.2) is 0 Å². The van der Waals surface area contributed by atoms with E-state index >= 15 is 0 Å². The summed E-state index contributed by atoms with van der Waals surface area (Å²) in [6, 6.07) is 26.9. The number of aromatic nitrogens is 1. The van der Waals surface area contributed by atoms with Crippen molar-refractivity contribution in [2.45, 2.75) is 13.5 Å². The Hall–Kier alpha value is -4.25. The molecule has 1 N–H and O–H groups in total. The lowest BCUT2D eigenvalue weighted by atomic mass is 10.0. The molecular weight excluding hydrogens is 398 g/mol. The molecule has 32 heavy (non-hydrogen) atoms. The largest absolute Gasteiger partial charge is 0.350 e. The van der Waals surface area contributed by atoms with Crippen LogP contribution in [-0.2, 0) is 16.1 Å². The van der Waals surface area contributed by atoms with Crippen molar-refractivity contribution in [3.63, 3.8) is 0 Å². The van der Waals surface area contributed by atoms with E-state index in [0.717, 1.165) is 22.0 Å². The molecule has 0 saturated heterocycles. The summed E-state index contributed by atoms with van der Waals surface area (Å²) in [4.78, 5) is 32.5. The highest BCUT2D eigenvalue weighted by atomic mass is 16.2. The second-order valence-electron chi connectivity index (χ2n) is 7.79. The summed E-state index contributed by atoms with van der Waals surface area (Å²) in [5, 5.41) is 5.32. The van der Waals surface area contributed by atoms with Crippen molar-refractivity contribution in [1.29, 1.82) is 0 Å². The van der Waals surface area contributed by atoms with Gasteiger partial charge in [0.1, 0.15) is 5.70 Å². The fourth-order valence-electron chi connectivity index (χ4n) is 3.95. The Morgan fingerprint density at radius 1 is 0.812 bits per heavy atom. The third-order valence-electron chi connectivity index (χ3n) is 5.60. The summed E-state index contributed by atoms with van der Waals surface area (Å²) in [5.74, 6) is -0.684. The van der Waals surface area contributed by atoms with E-state index < -0.39 is 0 Å². The van der Waals surface area contributed by atoms with E-state index in [1.165, 1.54) is 4.90 Å². The van der Waals surface area contributed by atoms with Crippen LogP contribution in [0.5, 0.6) is 0 Å². The molecule has 5 rings (SSSR count). The van der Waals surface area contributed by atoms with Gasteiger partial charge in [0, 0.05) is 17.3 Å². The highest BCUT2D eigenvalue weighted by molar-refractivity contribution is 6.36. The number of carbonyl (C=O) groups is 2. The standard InChI is InChI=1S/C27H21N3O2/c1-18-12-14-20(15-13-18)24-25(29-23-11-6-8-19-7-2-3-10-22(19)23)27(32)30(26(24)31)17-21-9-4-5-16-28-21/h2-16,29H,17H2,1H3. The summed E-state index contributed by atoms with van der Waals surface area (Å²) >= 11 is 0. The lowest BCUT2D eigenvalue weighted by Gasteiger charge is -2.15. The van der Waals surface area contributed by atoms with Crippen molar-refractivity contribution < 1.29 is 9.59 Å². The molecule has 0 bridgehead atoms. The maximum atomic E-state index is 13.5. The van der Waals surface area contributed by atoms with Crippen molar-refractivity contribution in [3.05, 3.63) is 114 Å². The molecule has 5 nitrogen and oxygen atoms in total. The maximum absolute atomic E-state index is 13.5. The molecule has 0 atom stereocenters. The third kappa shape index (κ3) is 3.54. The number of rotatable bonds is 5. The number of amides is 2. The molecule has 0 unspecified atom stereocenters. The number of nitrogens with one attached hydrogen (secondary N) is 1. The first-order valence-corrected chi connectivity index (χ1v) is 10.4. The molecule has 2 heterocycles. The van der Waals surface area contributed by atoms with Crippen LogP contribution in [0, 0.1) is 6.92 Å². The van der Waals surface area contributed by atoms with E-state index in [0.29, 0.717) is 16.8 Å². The number of nitrogens with zero attached hydrogens (tertiary/aromatic N) is 2. The first kappa shape index (κ1) is 19.7. The monoisotopic (exact) mass is 419 g/mol. The van der Waals surface area contributed by atoms with Gasteiger partial charge in [-0.05, 0) is 36.1 Å². The minimum Gasteiger partial charge on any atom is -0.350 e. The fraction of sp³-hybridized carbons (Fsp3) is 0.0741. The number of imide groups is 1. The van der Waals surface area contributed by atoms with Gasteiger partial charge in [-0.2, -0.15) is 0 Å². The lowest BCUT2D eigenvalue weighted by Crippen LogP contribution is -2.32.